The molecule has 3 nitrogen and oxygen atoms in total. The number of pyridine rings is 1. The summed E-state index contributed by atoms with van der Waals surface area (Å²) in [5.74, 6) is 0.909. The maximum atomic E-state index is 5.90. The van der Waals surface area contributed by atoms with Crippen molar-refractivity contribution < 1.29 is 4.42 Å². The van der Waals surface area contributed by atoms with Crippen molar-refractivity contribution in [3.8, 4) is 0 Å². The van der Waals surface area contributed by atoms with Crippen LogP contribution in [0.4, 0.5) is 0 Å². The molecule has 0 spiro atoms. The van der Waals surface area contributed by atoms with E-state index in [-0.39, 0.29) is 6.04 Å². The zero-order chi connectivity index (χ0) is 11.5. The number of furan rings is 1. The molecular formula is C12H14N2OS. The Morgan fingerprint density at radius 3 is 2.88 bits per heavy atom. The summed E-state index contributed by atoms with van der Waals surface area (Å²) in [6, 6.07) is 5.85. The van der Waals surface area contributed by atoms with Gasteiger partial charge in [-0.15, -0.1) is 0 Å². The Labute approximate surface area is 99.1 Å². The average Bonchev–Trinajstić information content (AvgIpc) is 2.65. The van der Waals surface area contributed by atoms with Crippen LogP contribution in [-0.4, -0.2) is 4.98 Å². The topological polar surface area (TPSA) is 52.0 Å². The lowest BCUT2D eigenvalue weighted by atomic mass is 10.2. The summed E-state index contributed by atoms with van der Waals surface area (Å²) >= 11 is 1.59. The van der Waals surface area contributed by atoms with Gasteiger partial charge in [0.25, 0.3) is 0 Å². The van der Waals surface area contributed by atoms with E-state index in [9.17, 15) is 0 Å². The Hall–Kier alpha value is -1.26. The third-order valence-electron chi connectivity index (χ3n) is 2.31. The number of aryl methyl sites for hydroxylation is 1. The highest BCUT2D eigenvalue weighted by Gasteiger charge is 2.11. The fourth-order valence-electron chi connectivity index (χ4n) is 1.42. The summed E-state index contributed by atoms with van der Waals surface area (Å²) in [6.07, 6.45) is 3.47. The van der Waals surface area contributed by atoms with Crippen molar-refractivity contribution in [3.63, 3.8) is 0 Å². The summed E-state index contributed by atoms with van der Waals surface area (Å²) in [5.41, 5.74) is 6.97. The van der Waals surface area contributed by atoms with Crippen LogP contribution < -0.4 is 5.73 Å². The van der Waals surface area contributed by atoms with E-state index in [2.05, 4.69) is 4.98 Å². The molecule has 0 unspecified atom stereocenters. The van der Waals surface area contributed by atoms with E-state index in [1.165, 1.54) is 0 Å². The summed E-state index contributed by atoms with van der Waals surface area (Å²) < 4.78 is 5.26. The maximum Gasteiger partial charge on any atom is 0.114 e. The number of nitrogens with zero attached hydrogens (tertiary/aromatic N) is 1. The number of nitrogens with two attached hydrogens (primary N) is 1. The van der Waals surface area contributed by atoms with Gasteiger partial charge in [0, 0.05) is 17.8 Å². The predicted molar refractivity (Wildman–Crippen MR) is 64.4 cm³/mol. The smallest absolute Gasteiger partial charge is 0.114 e. The second kappa shape index (κ2) is 4.72. The lowest BCUT2D eigenvalue weighted by Gasteiger charge is -2.10. The van der Waals surface area contributed by atoms with E-state index in [0.717, 1.165) is 21.2 Å². The molecule has 84 valence electrons. The van der Waals surface area contributed by atoms with Gasteiger partial charge in [-0.3, -0.25) is 0 Å². The van der Waals surface area contributed by atoms with Crippen LogP contribution in [0, 0.1) is 6.92 Å². The summed E-state index contributed by atoms with van der Waals surface area (Å²) in [6.45, 7) is 3.90. The molecule has 0 saturated heterocycles. The Morgan fingerprint density at radius 2 is 2.25 bits per heavy atom. The zero-order valence-corrected chi connectivity index (χ0v) is 10.1. The quantitative estimate of drug-likeness (QED) is 0.886. The van der Waals surface area contributed by atoms with Gasteiger partial charge < -0.3 is 10.2 Å². The van der Waals surface area contributed by atoms with Gasteiger partial charge in [-0.2, -0.15) is 0 Å². The van der Waals surface area contributed by atoms with Gasteiger partial charge in [-0.25, -0.2) is 4.98 Å². The van der Waals surface area contributed by atoms with E-state index in [0.29, 0.717) is 0 Å². The van der Waals surface area contributed by atoms with E-state index in [4.69, 9.17) is 10.2 Å². The van der Waals surface area contributed by atoms with Crippen LogP contribution >= 0.6 is 11.8 Å². The van der Waals surface area contributed by atoms with E-state index >= 15 is 0 Å². The Balaban J connectivity index is 2.31. The molecule has 0 aromatic carbocycles. The molecule has 0 bridgehead atoms. The molecule has 0 aliphatic carbocycles. The third-order valence-corrected chi connectivity index (χ3v) is 3.49. The Morgan fingerprint density at radius 1 is 1.44 bits per heavy atom. The second-order valence-electron chi connectivity index (χ2n) is 3.63. The lowest BCUT2D eigenvalue weighted by Crippen LogP contribution is -2.07. The van der Waals surface area contributed by atoms with Crippen molar-refractivity contribution in [2.24, 2.45) is 5.73 Å². The molecule has 16 heavy (non-hydrogen) atoms. The van der Waals surface area contributed by atoms with Crippen molar-refractivity contribution >= 4 is 11.8 Å². The fourth-order valence-corrected chi connectivity index (χ4v) is 2.43. The van der Waals surface area contributed by atoms with Gasteiger partial charge in [0.2, 0.25) is 0 Å². The second-order valence-corrected chi connectivity index (χ2v) is 4.66. The van der Waals surface area contributed by atoms with Gasteiger partial charge >= 0.3 is 0 Å². The van der Waals surface area contributed by atoms with Crippen LogP contribution in [0.1, 0.15) is 24.3 Å². The van der Waals surface area contributed by atoms with Gasteiger partial charge in [0.1, 0.15) is 10.8 Å². The fraction of sp³-hybridized carbons (Fsp3) is 0.250. The average molecular weight is 234 g/mol. The van der Waals surface area contributed by atoms with Gasteiger partial charge in [0.05, 0.1) is 11.2 Å². The van der Waals surface area contributed by atoms with Crippen molar-refractivity contribution in [2.75, 3.05) is 0 Å². The van der Waals surface area contributed by atoms with Crippen molar-refractivity contribution in [1.82, 2.24) is 4.98 Å². The van der Waals surface area contributed by atoms with Gasteiger partial charge in [-0.05, 0) is 26.0 Å². The maximum absolute atomic E-state index is 5.90. The molecule has 0 fully saturated rings. The standard InChI is InChI=1S/C12H14N2OS/c1-8(13)10-4-3-6-14-12(10)16-11-5-7-15-9(11)2/h3-8H,13H2,1-2H3/t8-/m0/s1. The van der Waals surface area contributed by atoms with Crippen LogP contribution in [0.5, 0.6) is 0 Å². The largest absolute Gasteiger partial charge is 0.468 e. The normalized spacial score (nSPS) is 12.7. The third kappa shape index (κ3) is 2.28. The van der Waals surface area contributed by atoms with E-state index in [1.54, 1.807) is 24.2 Å². The molecule has 2 rings (SSSR count). The molecule has 2 heterocycles. The van der Waals surface area contributed by atoms with Crippen LogP contribution in [0.15, 0.2) is 45.0 Å². The number of hydrogen-bond donors (Lipinski definition) is 1. The molecule has 2 N–H and O–H groups in total. The molecule has 4 heteroatoms. The first kappa shape index (κ1) is 11.2. The zero-order valence-electron chi connectivity index (χ0n) is 9.31. The van der Waals surface area contributed by atoms with E-state index in [1.807, 2.05) is 32.0 Å². The van der Waals surface area contributed by atoms with Crippen LogP contribution in [0.2, 0.25) is 0 Å². The lowest BCUT2D eigenvalue weighted by molar-refractivity contribution is 0.527. The number of aromatic nitrogens is 1. The summed E-state index contributed by atoms with van der Waals surface area (Å²) in [7, 11) is 0. The highest BCUT2D eigenvalue weighted by molar-refractivity contribution is 7.99. The molecule has 0 radical (unpaired) electrons. The minimum Gasteiger partial charge on any atom is -0.468 e. The van der Waals surface area contributed by atoms with E-state index < -0.39 is 0 Å². The molecule has 0 amide bonds. The molecule has 2 aromatic heterocycles. The summed E-state index contributed by atoms with van der Waals surface area (Å²) in [5, 5.41) is 0.946. The molecule has 0 aliphatic heterocycles. The first-order chi connectivity index (χ1) is 7.68. The minimum atomic E-state index is -0.0107. The molecule has 0 aliphatic rings. The molecule has 2 aromatic rings. The first-order valence-corrected chi connectivity index (χ1v) is 5.92. The minimum absolute atomic E-state index is 0.0107. The number of hydrogen-bond acceptors (Lipinski definition) is 4. The number of rotatable bonds is 3. The molecule has 1 atom stereocenters. The monoisotopic (exact) mass is 234 g/mol. The first-order valence-electron chi connectivity index (χ1n) is 5.11. The van der Waals surface area contributed by atoms with Crippen molar-refractivity contribution in [1.29, 1.82) is 0 Å². The predicted octanol–water partition coefficient (Wildman–Crippen LogP) is 3.15. The molecule has 0 saturated carbocycles. The SMILES string of the molecule is Cc1occc1Sc1ncccc1[C@H](C)N. The highest BCUT2D eigenvalue weighted by Crippen LogP contribution is 2.33. The Bertz CT molecular complexity index is 479. The summed E-state index contributed by atoms with van der Waals surface area (Å²) in [4.78, 5) is 5.44. The van der Waals surface area contributed by atoms with Crippen LogP contribution in [0.3, 0.4) is 0 Å². The highest BCUT2D eigenvalue weighted by atomic mass is 32.2. The molecular weight excluding hydrogens is 220 g/mol. The van der Waals surface area contributed by atoms with Crippen LogP contribution in [-0.2, 0) is 0 Å². The van der Waals surface area contributed by atoms with Crippen molar-refractivity contribution in [3.05, 3.63) is 42.0 Å². The van der Waals surface area contributed by atoms with Gasteiger partial charge in [-0.1, -0.05) is 17.8 Å². The van der Waals surface area contributed by atoms with Crippen molar-refractivity contribution in [2.45, 2.75) is 29.8 Å². The van der Waals surface area contributed by atoms with Crippen LogP contribution in [0.25, 0.3) is 0 Å². The Kier molecular flexibility index (Phi) is 3.31. The van der Waals surface area contributed by atoms with Gasteiger partial charge in [0.15, 0.2) is 0 Å².